The number of ether oxygens (including phenoxy) is 2. The molecule has 0 aliphatic carbocycles. The van der Waals surface area contributed by atoms with Gasteiger partial charge in [-0.3, -0.25) is 4.79 Å². The summed E-state index contributed by atoms with van der Waals surface area (Å²) in [6.07, 6.45) is 0. The van der Waals surface area contributed by atoms with Crippen LogP contribution in [0.4, 0.5) is 0 Å². The minimum atomic E-state index is -0.550. The quantitative estimate of drug-likeness (QED) is 0.765. The lowest BCUT2D eigenvalue weighted by Crippen LogP contribution is -2.10. The second-order valence-corrected chi connectivity index (χ2v) is 5.07. The molecular weight excluding hydrogens is 292 g/mol. The zero-order valence-corrected chi connectivity index (χ0v) is 12.2. The number of hydrogen-bond donors (Lipinski definition) is 2. The highest BCUT2D eigenvalue weighted by atomic mass is 32.1. The monoisotopic (exact) mass is 304 g/mol. The first kappa shape index (κ1) is 13.4. The number of imidazole rings is 1. The summed E-state index contributed by atoms with van der Waals surface area (Å²) in [6, 6.07) is 3.57. The van der Waals surface area contributed by atoms with Crippen molar-refractivity contribution in [3.8, 4) is 23.0 Å². The number of nitrogens with one attached hydrogen (secondary N) is 1. The minimum absolute atomic E-state index is 0.251. The molecule has 2 aromatic heterocycles. The normalized spacial score (nSPS) is 10.8. The third-order valence-corrected chi connectivity index (χ3v) is 3.80. The average molecular weight is 304 g/mol. The van der Waals surface area contributed by atoms with Crippen molar-refractivity contribution >= 4 is 28.3 Å². The van der Waals surface area contributed by atoms with Crippen LogP contribution in [0.2, 0.25) is 0 Å². The zero-order valence-electron chi connectivity index (χ0n) is 11.3. The molecule has 21 heavy (non-hydrogen) atoms. The lowest BCUT2D eigenvalue weighted by atomic mass is 10.3. The number of aromatic nitrogens is 3. The van der Waals surface area contributed by atoms with Gasteiger partial charge >= 0.3 is 0 Å². The van der Waals surface area contributed by atoms with E-state index < -0.39 is 5.91 Å². The molecule has 0 spiro atoms. The second kappa shape index (κ2) is 5.06. The van der Waals surface area contributed by atoms with Gasteiger partial charge in [0, 0.05) is 17.5 Å². The van der Waals surface area contributed by atoms with E-state index in [9.17, 15) is 4.79 Å². The number of H-pyrrole nitrogens is 1. The van der Waals surface area contributed by atoms with E-state index in [1.165, 1.54) is 11.3 Å². The number of methoxy groups -OCH3 is 2. The summed E-state index contributed by atoms with van der Waals surface area (Å²) < 4.78 is 10.5. The summed E-state index contributed by atoms with van der Waals surface area (Å²) in [7, 11) is 3.14. The Balaban J connectivity index is 2.09. The molecule has 0 aliphatic heterocycles. The molecule has 8 heteroatoms. The Morgan fingerprint density at radius 3 is 2.57 bits per heavy atom. The van der Waals surface area contributed by atoms with Crippen molar-refractivity contribution in [1.29, 1.82) is 0 Å². The lowest BCUT2D eigenvalue weighted by molar-refractivity contribution is 0.1000. The summed E-state index contributed by atoms with van der Waals surface area (Å²) in [5, 5.41) is 1.98. The van der Waals surface area contributed by atoms with E-state index in [-0.39, 0.29) is 5.01 Å². The van der Waals surface area contributed by atoms with Gasteiger partial charge in [-0.2, -0.15) is 0 Å². The van der Waals surface area contributed by atoms with Crippen LogP contribution < -0.4 is 15.2 Å². The maximum Gasteiger partial charge on any atom is 0.277 e. The minimum Gasteiger partial charge on any atom is -0.493 e. The van der Waals surface area contributed by atoms with Crippen molar-refractivity contribution in [2.45, 2.75) is 0 Å². The molecule has 0 atom stereocenters. The van der Waals surface area contributed by atoms with Gasteiger partial charge in [0.2, 0.25) is 0 Å². The molecule has 0 radical (unpaired) electrons. The first-order valence-corrected chi connectivity index (χ1v) is 6.87. The Bertz CT molecular complexity index is 783. The van der Waals surface area contributed by atoms with Gasteiger partial charge in [0.1, 0.15) is 5.69 Å². The molecule has 0 unspecified atom stereocenters. The number of nitrogens with zero attached hydrogens (tertiary/aromatic N) is 2. The SMILES string of the molecule is COc1cc2nc(-c3csc(C(N)=O)n3)[nH]c2cc1OC. The molecule has 0 bridgehead atoms. The van der Waals surface area contributed by atoms with Crippen molar-refractivity contribution in [2.75, 3.05) is 14.2 Å². The fourth-order valence-electron chi connectivity index (χ4n) is 1.95. The maximum atomic E-state index is 11.1. The van der Waals surface area contributed by atoms with Gasteiger partial charge in [-0.15, -0.1) is 11.3 Å². The number of primary amides is 1. The Labute approximate surface area is 123 Å². The number of rotatable bonds is 4. The van der Waals surface area contributed by atoms with E-state index in [2.05, 4.69) is 15.0 Å². The largest absolute Gasteiger partial charge is 0.493 e. The van der Waals surface area contributed by atoms with Crippen LogP contribution in [0.1, 0.15) is 9.80 Å². The van der Waals surface area contributed by atoms with Crippen LogP contribution in [0.3, 0.4) is 0 Å². The molecule has 0 saturated heterocycles. The van der Waals surface area contributed by atoms with Crippen molar-refractivity contribution in [2.24, 2.45) is 5.73 Å². The van der Waals surface area contributed by atoms with Gasteiger partial charge in [0.05, 0.1) is 25.3 Å². The molecule has 1 aromatic carbocycles. The number of carbonyl (C=O) groups excluding carboxylic acids is 1. The summed E-state index contributed by atoms with van der Waals surface area (Å²) in [6.45, 7) is 0. The Morgan fingerprint density at radius 1 is 1.24 bits per heavy atom. The van der Waals surface area contributed by atoms with E-state index >= 15 is 0 Å². The van der Waals surface area contributed by atoms with E-state index in [1.807, 2.05) is 0 Å². The second-order valence-electron chi connectivity index (χ2n) is 4.21. The number of thiazole rings is 1. The van der Waals surface area contributed by atoms with Crippen molar-refractivity contribution < 1.29 is 14.3 Å². The van der Waals surface area contributed by atoms with E-state index in [0.717, 1.165) is 11.0 Å². The molecule has 0 fully saturated rings. The third kappa shape index (κ3) is 2.29. The highest BCUT2D eigenvalue weighted by Crippen LogP contribution is 2.32. The molecule has 3 rings (SSSR count). The van der Waals surface area contributed by atoms with Crippen molar-refractivity contribution in [1.82, 2.24) is 15.0 Å². The highest BCUT2D eigenvalue weighted by Gasteiger charge is 2.14. The standard InChI is InChI=1S/C13H12N4O3S/c1-19-9-3-6-7(4-10(9)20-2)16-12(15-6)8-5-21-13(17-8)11(14)18/h3-5H,1-2H3,(H2,14,18)(H,15,16). The van der Waals surface area contributed by atoms with Crippen LogP contribution in [-0.2, 0) is 0 Å². The molecule has 3 N–H and O–H groups in total. The van der Waals surface area contributed by atoms with Crippen LogP contribution >= 0.6 is 11.3 Å². The smallest absolute Gasteiger partial charge is 0.277 e. The number of nitrogens with two attached hydrogens (primary N) is 1. The molecular formula is C13H12N4O3S. The van der Waals surface area contributed by atoms with Crippen LogP contribution in [0, 0.1) is 0 Å². The average Bonchev–Trinajstić information content (AvgIpc) is 3.11. The van der Waals surface area contributed by atoms with Crippen LogP contribution in [-0.4, -0.2) is 35.1 Å². The number of aromatic amines is 1. The molecule has 0 aliphatic rings. The highest BCUT2D eigenvalue weighted by molar-refractivity contribution is 7.12. The Hall–Kier alpha value is -2.61. The molecule has 2 heterocycles. The van der Waals surface area contributed by atoms with Crippen LogP contribution in [0.25, 0.3) is 22.6 Å². The van der Waals surface area contributed by atoms with Gasteiger partial charge in [-0.05, 0) is 0 Å². The summed E-state index contributed by atoms with van der Waals surface area (Å²) in [5.41, 5.74) is 7.28. The van der Waals surface area contributed by atoms with E-state index in [4.69, 9.17) is 15.2 Å². The number of amides is 1. The van der Waals surface area contributed by atoms with Gasteiger partial charge in [-0.1, -0.05) is 0 Å². The first-order chi connectivity index (χ1) is 10.1. The Kier molecular flexibility index (Phi) is 3.22. The molecule has 0 saturated carbocycles. The number of benzene rings is 1. The predicted octanol–water partition coefficient (Wildman–Crippen LogP) is 1.80. The summed E-state index contributed by atoms with van der Waals surface area (Å²) in [4.78, 5) is 22.8. The fourth-order valence-corrected chi connectivity index (χ4v) is 2.61. The van der Waals surface area contributed by atoms with E-state index in [0.29, 0.717) is 23.0 Å². The maximum absolute atomic E-state index is 11.1. The number of fused-ring (bicyclic) bond motifs is 1. The molecule has 108 valence electrons. The fraction of sp³-hybridized carbons (Fsp3) is 0.154. The predicted molar refractivity (Wildman–Crippen MR) is 78.8 cm³/mol. The molecule has 1 amide bonds. The zero-order chi connectivity index (χ0) is 15.0. The first-order valence-electron chi connectivity index (χ1n) is 6.00. The van der Waals surface area contributed by atoms with Crippen LogP contribution in [0.5, 0.6) is 11.5 Å². The van der Waals surface area contributed by atoms with Gasteiger partial charge in [0.15, 0.2) is 22.3 Å². The van der Waals surface area contributed by atoms with Gasteiger partial charge in [-0.25, -0.2) is 9.97 Å². The topological polar surface area (TPSA) is 103 Å². The lowest BCUT2D eigenvalue weighted by Gasteiger charge is -2.06. The molecule has 7 nitrogen and oxygen atoms in total. The van der Waals surface area contributed by atoms with Crippen LogP contribution in [0.15, 0.2) is 17.5 Å². The van der Waals surface area contributed by atoms with Gasteiger partial charge in [0.25, 0.3) is 5.91 Å². The van der Waals surface area contributed by atoms with Crippen molar-refractivity contribution in [3.63, 3.8) is 0 Å². The number of hydrogen-bond acceptors (Lipinski definition) is 6. The summed E-state index contributed by atoms with van der Waals surface area (Å²) >= 11 is 1.18. The summed E-state index contributed by atoms with van der Waals surface area (Å²) in [5.74, 6) is 1.21. The Morgan fingerprint density at radius 2 is 1.95 bits per heavy atom. The number of carbonyl (C=O) groups is 1. The van der Waals surface area contributed by atoms with Gasteiger partial charge < -0.3 is 20.2 Å². The van der Waals surface area contributed by atoms with Crippen molar-refractivity contribution in [3.05, 3.63) is 22.5 Å². The molecule has 3 aromatic rings. The third-order valence-electron chi connectivity index (χ3n) is 2.94. The van der Waals surface area contributed by atoms with E-state index in [1.54, 1.807) is 31.7 Å².